The van der Waals surface area contributed by atoms with Crippen molar-refractivity contribution in [2.45, 2.75) is 39.7 Å². The summed E-state index contributed by atoms with van der Waals surface area (Å²) >= 11 is 1.52. The summed E-state index contributed by atoms with van der Waals surface area (Å²) in [6, 6.07) is 0.389. The Bertz CT molecular complexity index is 481. The third-order valence-electron chi connectivity index (χ3n) is 2.79. The summed E-state index contributed by atoms with van der Waals surface area (Å²) in [5.41, 5.74) is 1.77. The van der Waals surface area contributed by atoms with Crippen molar-refractivity contribution >= 4 is 11.3 Å². The van der Waals surface area contributed by atoms with Gasteiger partial charge in [0.05, 0.1) is 10.4 Å². The van der Waals surface area contributed by atoms with Crippen LogP contribution in [0.3, 0.4) is 0 Å². The summed E-state index contributed by atoms with van der Waals surface area (Å²) in [7, 11) is 0. The molecule has 0 amide bonds. The van der Waals surface area contributed by atoms with Crippen LogP contribution in [0, 0.1) is 5.92 Å². The monoisotopic (exact) mass is 280 g/mol. The molecule has 0 saturated carbocycles. The average Bonchev–Trinajstić information content (AvgIpc) is 2.97. The van der Waals surface area contributed by atoms with Gasteiger partial charge in [-0.2, -0.15) is 4.98 Å². The molecule has 19 heavy (non-hydrogen) atoms. The minimum absolute atomic E-state index is 0.389. The molecule has 0 radical (unpaired) electrons. The first-order chi connectivity index (χ1) is 9.19. The Morgan fingerprint density at radius 1 is 1.42 bits per heavy atom. The molecule has 2 rings (SSSR count). The highest BCUT2D eigenvalue weighted by atomic mass is 32.1. The van der Waals surface area contributed by atoms with Gasteiger partial charge in [-0.05, 0) is 18.9 Å². The maximum absolute atomic E-state index is 5.32. The van der Waals surface area contributed by atoms with E-state index in [4.69, 9.17) is 4.52 Å². The summed E-state index contributed by atoms with van der Waals surface area (Å²) in [6.45, 7) is 7.51. The Kier molecular flexibility index (Phi) is 5.04. The number of aromatic nitrogens is 3. The molecule has 1 N–H and O–H groups in total. The van der Waals surface area contributed by atoms with Crippen LogP contribution in [-0.2, 0) is 6.42 Å². The lowest BCUT2D eigenvalue weighted by Gasteiger charge is -2.17. The lowest BCUT2D eigenvalue weighted by Crippen LogP contribution is -2.32. The Labute approximate surface area is 117 Å². The van der Waals surface area contributed by atoms with E-state index in [0.29, 0.717) is 23.7 Å². The predicted octanol–water partition coefficient (Wildman–Crippen LogP) is 2.76. The van der Waals surface area contributed by atoms with E-state index in [2.05, 4.69) is 41.2 Å². The molecule has 0 saturated heterocycles. The second-order valence-corrected chi connectivity index (χ2v) is 5.85. The van der Waals surface area contributed by atoms with Crippen LogP contribution < -0.4 is 5.32 Å². The molecule has 1 atom stereocenters. The number of hydrogen-bond donors (Lipinski definition) is 1. The molecule has 0 aromatic carbocycles. The molecule has 0 fully saturated rings. The largest absolute Gasteiger partial charge is 0.339 e. The van der Waals surface area contributed by atoms with Gasteiger partial charge in [-0.3, -0.25) is 4.98 Å². The van der Waals surface area contributed by atoms with Crippen LogP contribution in [-0.4, -0.2) is 27.7 Å². The van der Waals surface area contributed by atoms with Gasteiger partial charge in [0.2, 0.25) is 11.7 Å². The number of nitrogens with zero attached hydrogens (tertiary/aromatic N) is 3. The number of thiazole rings is 1. The van der Waals surface area contributed by atoms with Crippen molar-refractivity contribution in [2.75, 3.05) is 6.54 Å². The quantitative estimate of drug-likeness (QED) is 0.845. The Morgan fingerprint density at radius 2 is 2.26 bits per heavy atom. The molecular weight excluding hydrogens is 260 g/mol. The van der Waals surface area contributed by atoms with Crippen molar-refractivity contribution in [3.05, 3.63) is 17.6 Å². The standard InChI is InChI=1S/C13H20N4OS/c1-4-15-10(5-9(2)3)6-12-16-13(17-18-12)11-7-14-8-19-11/h7-10,15H,4-6H2,1-3H3. The minimum atomic E-state index is 0.389. The Morgan fingerprint density at radius 3 is 2.89 bits per heavy atom. The van der Waals surface area contributed by atoms with E-state index in [9.17, 15) is 0 Å². The van der Waals surface area contributed by atoms with Crippen molar-refractivity contribution in [1.82, 2.24) is 20.4 Å². The third-order valence-corrected chi connectivity index (χ3v) is 3.56. The lowest BCUT2D eigenvalue weighted by molar-refractivity contribution is 0.340. The van der Waals surface area contributed by atoms with E-state index in [1.165, 1.54) is 11.3 Å². The van der Waals surface area contributed by atoms with E-state index < -0.39 is 0 Å². The highest BCUT2D eigenvalue weighted by Crippen LogP contribution is 2.20. The van der Waals surface area contributed by atoms with Gasteiger partial charge in [-0.15, -0.1) is 11.3 Å². The molecule has 2 aromatic rings. The van der Waals surface area contributed by atoms with E-state index in [0.717, 1.165) is 24.3 Å². The molecule has 6 heteroatoms. The van der Waals surface area contributed by atoms with E-state index >= 15 is 0 Å². The zero-order chi connectivity index (χ0) is 13.7. The van der Waals surface area contributed by atoms with Crippen LogP contribution in [0.15, 0.2) is 16.2 Å². The molecule has 5 nitrogen and oxygen atoms in total. The highest BCUT2D eigenvalue weighted by molar-refractivity contribution is 7.13. The first kappa shape index (κ1) is 14.1. The Hall–Kier alpha value is -1.27. The predicted molar refractivity (Wildman–Crippen MR) is 76.0 cm³/mol. The second-order valence-electron chi connectivity index (χ2n) is 4.97. The fourth-order valence-corrected chi connectivity index (χ4v) is 2.62. The summed E-state index contributed by atoms with van der Waals surface area (Å²) in [4.78, 5) is 9.40. The van der Waals surface area contributed by atoms with Crippen LogP contribution >= 0.6 is 11.3 Å². The minimum Gasteiger partial charge on any atom is -0.339 e. The highest BCUT2D eigenvalue weighted by Gasteiger charge is 2.16. The molecule has 0 bridgehead atoms. The lowest BCUT2D eigenvalue weighted by atomic mass is 10.0. The van der Waals surface area contributed by atoms with Gasteiger partial charge in [0.15, 0.2) is 0 Å². The fraction of sp³-hybridized carbons (Fsp3) is 0.615. The molecule has 0 aliphatic carbocycles. The fourth-order valence-electron chi connectivity index (χ4n) is 2.07. The van der Waals surface area contributed by atoms with Gasteiger partial charge in [0.1, 0.15) is 0 Å². The number of hydrogen-bond acceptors (Lipinski definition) is 6. The van der Waals surface area contributed by atoms with Crippen molar-refractivity contribution in [3.8, 4) is 10.7 Å². The zero-order valence-electron chi connectivity index (χ0n) is 11.6. The number of rotatable bonds is 7. The molecule has 1 unspecified atom stereocenters. The molecule has 2 aromatic heterocycles. The first-order valence-corrected chi connectivity index (χ1v) is 7.51. The van der Waals surface area contributed by atoms with Crippen LogP contribution in [0.1, 0.15) is 33.1 Å². The summed E-state index contributed by atoms with van der Waals surface area (Å²) in [5, 5.41) is 7.48. The van der Waals surface area contributed by atoms with Crippen LogP contribution in [0.2, 0.25) is 0 Å². The maximum Gasteiger partial charge on any atom is 0.228 e. The van der Waals surface area contributed by atoms with Crippen LogP contribution in [0.4, 0.5) is 0 Å². The maximum atomic E-state index is 5.32. The SMILES string of the molecule is CCNC(Cc1nc(-c2cncs2)no1)CC(C)C. The van der Waals surface area contributed by atoms with Gasteiger partial charge in [0.25, 0.3) is 0 Å². The van der Waals surface area contributed by atoms with Gasteiger partial charge in [-0.25, -0.2) is 0 Å². The summed E-state index contributed by atoms with van der Waals surface area (Å²) < 4.78 is 5.32. The normalized spacial score (nSPS) is 13.1. The van der Waals surface area contributed by atoms with Crippen LogP contribution in [0.25, 0.3) is 10.7 Å². The molecule has 2 heterocycles. The van der Waals surface area contributed by atoms with E-state index in [-0.39, 0.29) is 0 Å². The zero-order valence-corrected chi connectivity index (χ0v) is 12.4. The first-order valence-electron chi connectivity index (χ1n) is 6.63. The van der Waals surface area contributed by atoms with Crippen molar-refractivity contribution in [3.63, 3.8) is 0 Å². The topological polar surface area (TPSA) is 63.8 Å². The van der Waals surface area contributed by atoms with Crippen molar-refractivity contribution in [2.24, 2.45) is 5.92 Å². The van der Waals surface area contributed by atoms with E-state index in [1.54, 1.807) is 11.7 Å². The van der Waals surface area contributed by atoms with E-state index in [1.807, 2.05) is 0 Å². The van der Waals surface area contributed by atoms with Crippen molar-refractivity contribution < 1.29 is 4.52 Å². The summed E-state index contributed by atoms with van der Waals surface area (Å²) in [6.07, 6.45) is 3.64. The number of nitrogens with one attached hydrogen (secondary N) is 1. The second kappa shape index (κ2) is 6.77. The molecule has 0 spiro atoms. The Balaban J connectivity index is 2.01. The van der Waals surface area contributed by atoms with Gasteiger partial charge in [0, 0.05) is 18.7 Å². The third kappa shape index (κ3) is 4.11. The van der Waals surface area contributed by atoms with Crippen molar-refractivity contribution in [1.29, 1.82) is 0 Å². The molecular formula is C13H20N4OS. The molecule has 0 aliphatic rings. The average molecular weight is 280 g/mol. The summed E-state index contributed by atoms with van der Waals surface area (Å²) in [5.74, 6) is 1.97. The number of likely N-dealkylation sites (N-methyl/N-ethyl adjacent to an activating group) is 1. The smallest absolute Gasteiger partial charge is 0.228 e. The molecule has 0 aliphatic heterocycles. The van der Waals surface area contributed by atoms with Gasteiger partial charge in [-0.1, -0.05) is 25.9 Å². The van der Waals surface area contributed by atoms with Gasteiger partial charge < -0.3 is 9.84 Å². The molecule has 104 valence electrons. The van der Waals surface area contributed by atoms with Gasteiger partial charge >= 0.3 is 0 Å². The van der Waals surface area contributed by atoms with Crippen LogP contribution in [0.5, 0.6) is 0 Å².